The molecule has 22 heavy (non-hydrogen) atoms. The fourth-order valence-electron chi connectivity index (χ4n) is 3.14. The summed E-state index contributed by atoms with van der Waals surface area (Å²) in [5.41, 5.74) is 6.93. The molecule has 1 aromatic carbocycles. The van der Waals surface area contributed by atoms with E-state index in [-0.39, 0.29) is 11.7 Å². The topological polar surface area (TPSA) is 72.9 Å². The Bertz CT molecular complexity index is 703. The van der Waals surface area contributed by atoms with Crippen LogP contribution in [0.5, 0.6) is 0 Å². The summed E-state index contributed by atoms with van der Waals surface area (Å²) in [6.45, 7) is 0.484. The van der Waals surface area contributed by atoms with Crippen LogP contribution in [0.2, 0.25) is 0 Å². The zero-order valence-corrected chi connectivity index (χ0v) is 12.7. The minimum atomic E-state index is -0.699. The van der Waals surface area contributed by atoms with Gasteiger partial charge in [-0.05, 0) is 25.0 Å². The van der Waals surface area contributed by atoms with Gasteiger partial charge in [0, 0.05) is 26.1 Å². The van der Waals surface area contributed by atoms with E-state index in [1.807, 2.05) is 11.6 Å². The average molecular weight is 304 g/mol. The molecule has 1 fully saturated rings. The number of carbonyl (C=O) groups excluding carboxylic acids is 1. The lowest BCUT2D eigenvalue weighted by Gasteiger charge is -2.22. The molecule has 1 aliphatic carbocycles. The highest BCUT2D eigenvalue weighted by Crippen LogP contribution is 2.27. The summed E-state index contributed by atoms with van der Waals surface area (Å²) in [7, 11) is 1.89. The van der Waals surface area contributed by atoms with Gasteiger partial charge in [-0.25, -0.2) is 9.37 Å². The van der Waals surface area contributed by atoms with Crippen LogP contribution < -0.4 is 11.1 Å². The van der Waals surface area contributed by atoms with Crippen molar-refractivity contribution in [1.82, 2.24) is 14.9 Å². The molecular weight excluding hydrogens is 283 g/mol. The van der Waals surface area contributed by atoms with Crippen LogP contribution in [0, 0.1) is 5.82 Å². The Hall–Kier alpha value is -1.95. The SMILES string of the molecule is Cn1c(CCNC(=O)C2(N)CCCC2)nc2cc(F)ccc21. The first-order valence-corrected chi connectivity index (χ1v) is 7.68. The molecule has 6 heteroatoms. The van der Waals surface area contributed by atoms with Crippen molar-refractivity contribution in [3.8, 4) is 0 Å². The van der Waals surface area contributed by atoms with Crippen LogP contribution in [0.25, 0.3) is 11.0 Å². The zero-order valence-electron chi connectivity index (χ0n) is 12.7. The highest BCUT2D eigenvalue weighted by molar-refractivity contribution is 5.86. The van der Waals surface area contributed by atoms with E-state index in [1.54, 1.807) is 6.07 Å². The molecule has 1 amide bonds. The van der Waals surface area contributed by atoms with Crippen LogP contribution in [0.3, 0.4) is 0 Å². The second kappa shape index (κ2) is 5.68. The van der Waals surface area contributed by atoms with Crippen LogP contribution >= 0.6 is 0 Å². The predicted octanol–water partition coefficient (Wildman–Crippen LogP) is 1.64. The molecule has 2 aromatic rings. The number of aromatic nitrogens is 2. The molecule has 1 aromatic heterocycles. The van der Waals surface area contributed by atoms with Crippen LogP contribution in [0.15, 0.2) is 18.2 Å². The maximum absolute atomic E-state index is 13.2. The average Bonchev–Trinajstić information content (AvgIpc) is 3.05. The van der Waals surface area contributed by atoms with E-state index in [0.717, 1.165) is 37.0 Å². The Labute approximate surface area is 128 Å². The summed E-state index contributed by atoms with van der Waals surface area (Å²) in [4.78, 5) is 16.6. The van der Waals surface area contributed by atoms with Crippen LogP contribution in [0.4, 0.5) is 4.39 Å². The van der Waals surface area contributed by atoms with Crippen molar-refractivity contribution in [2.45, 2.75) is 37.6 Å². The van der Waals surface area contributed by atoms with Gasteiger partial charge in [-0.3, -0.25) is 4.79 Å². The monoisotopic (exact) mass is 304 g/mol. The number of fused-ring (bicyclic) bond motifs is 1. The lowest BCUT2D eigenvalue weighted by Crippen LogP contribution is -2.52. The lowest BCUT2D eigenvalue weighted by atomic mass is 9.98. The third kappa shape index (κ3) is 2.70. The number of hydrogen-bond acceptors (Lipinski definition) is 3. The van der Waals surface area contributed by atoms with Gasteiger partial charge in [-0.2, -0.15) is 0 Å². The number of hydrogen-bond donors (Lipinski definition) is 2. The molecule has 0 saturated heterocycles. The number of halogens is 1. The van der Waals surface area contributed by atoms with Crippen molar-refractivity contribution in [3.63, 3.8) is 0 Å². The van der Waals surface area contributed by atoms with Gasteiger partial charge in [0.1, 0.15) is 11.6 Å². The number of imidazole rings is 1. The number of nitrogens with zero attached hydrogens (tertiary/aromatic N) is 2. The van der Waals surface area contributed by atoms with Crippen LogP contribution in [-0.4, -0.2) is 27.5 Å². The van der Waals surface area contributed by atoms with E-state index in [0.29, 0.717) is 18.5 Å². The molecule has 0 aliphatic heterocycles. The Morgan fingerprint density at radius 1 is 1.45 bits per heavy atom. The Balaban J connectivity index is 1.64. The Morgan fingerprint density at radius 3 is 2.91 bits per heavy atom. The maximum atomic E-state index is 13.2. The molecule has 0 radical (unpaired) electrons. The zero-order chi connectivity index (χ0) is 15.7. The van der Waals surface area contributed by atoms with Crippen molar-refractivity contribution in [2.75, 3.05) is 6.54 Å². The van der Waals surface area contributed by atoms with Crippen LogP contribution in [-0.2, 0) is 18.3 Å². The quantitative estimate of drug-likeness (QED) is 0.902. The van der Waals surface area contributed by atoms with Crippen molar-refractivity contribution in [2.24, 2.45) is 12.8 Å². The number of benzene rings is 1. The summed E-state index contributed by atoms with van der Waals surface area (Å²) in [5, 5.41) is 2.91. The van der Waals surface area contributed by atoms with Gasteiger partial charge in [0.25, 0.3) is 0 Å². The van der Waals surface area contributed by atoms with Gasteiger partial charge in [0.15, 0.2) is 0 Å². The number of carbonyl (C=O) groups is 1. The van der Waals surface area contributed by atoms with Crippen molar-refractivity contribution in [1.29, 1.82) is 0 Å². The molecule has 1 heterocycles. The molecule has 0 atom stereocenters. The summed E-state index contributed by atoms with van der Waals surface area (Å²) < 4.78 is 15.2. The summed E-state index contributed by atoms with van der Waals surface area (Å²) >= 11 is 0. The van der Waals surface area contributed by atoms with Gasteiger partial charge in [-0.1, -0.05) is 12.8 Å². The molecular formula is C16H21FN4O. The molecule has 0 unspecified atom stereocenters. The molecule has 3 N–H and O–H groups in total. The maximum Gasteiger partial charge on any atom is 0.240 e. The predicted molar refractivity (Wildman–Crippen MR) is 82.8 cm³/mol. The highest BCUT2D eigenvalue weighted by atomic mass is 19.1. The van der Waals surface area contributed by atoms with Gasteiger partial charge < -0.3 is 15.6 Å². The van der Waals surface area contributed by atoms with Crippen molar-refractivity contribution in [3.05, 3.63) is 29.8 Å². The van der Waals surface area contributed by atoms with Crippen molar-refractivity contribution >= 4 is 16.9 Å². The summed E-state index contributed by atoms with van der Waals surface area (Å²) in [6.07, 6.45) is 4.13. The summed E-state index contributed by atoms with van der Waals surface area (Å²) in [6, 6.07) is 4.56. The number of nitrogens with one attached hydrogen (secondary N) is 1. The molecule has 3 rings (SSSR count). The first-order chi connectivity index (χ1) is 10.5. The van der Waals surface area contributed by atoms with Gasteiger partial charge in [0.05, 0.1) is 16.6 Å². The van der Waals surface area contributed by atoms with Gasteiger partial charge in [-0.15, -0.1) is 0 Å². The van der Waals surface area contributed by atoms with E-state index in [9.17, 15) is 9.18 Å². The standard InChI is InChI=1S/C16H21FN4O/c1-21-13-5-4-11(17)10-12(13)20-14(21)6-9-19-15(22)16(18)7-2-3-8-16/h4-5,10H,2-3,6-9,18H2,1H3,(H,19,22). The smallest absolute Gasteiger partial charge is 0.240 e. The number of aryl methyl sites for hydroxylation is 1. The Morgan fingerprint density at radius 2 is 2.18 bits per heavy atom. The molecule has 1 saturated carbocycles. The minimum absolute atomic E-state index is 0.0743. The third-order valence-corrected chi connectivity index (χ3v) is 4.52. The van der Waals surface area contributed by atoms with E-state index in [2.05, 4.69) is 10.3 Å². The number of rotatable bonds is 4. The number of amides is 1. The lowest BCUT2D eigenvalue weighted by molar-refractivity contribution is -0.126. The largest absolute Gasteiger partial charge is 0.354 e. The van der Waals surface area contributed by atoms with E-state index < -0.39 is 5.54 Å². The minimum Gasteiger partial charge on any atom is -0.354 e. The molecule has 118 valence electrons. The molecule has 5 nitrogen and oxygen atoms in total. The summed E-state index contributed by atoms with van der Waals surface area (Å²) in [5.74, 6) is 0.449. The van der Waals surface area contributed by atoms with Gasteiger partial charge >= 0.3 is 0 Å². The van der Waals surface area contributed by atoms with Crippen LogP contribution in [0.1, 0.15) is 31.5 Å². The normalized spacial score (nSPS) is 17.0. The van der Waals surface area contributed by atoms with E-state index in [1.165, 1.54) is 12.1 Å². The second-order valence-electron chi connectivity index (χ2n) is 6.09. The first-order valence-electron chi connectivity index (χ1n) is 7.68. The fourth-order valence-corrected chi connectivity index (χ4v) is 3.14. The number of nitrogens with two attached hydrogens (primary N) is 1. The Kier molecular flexibility index (Phi) is 3.87. The van der Waals surface area contributed by atoms with Crippen molar-refractivity contribution < 1.29 is 9.18 Å². The third-order valence-electron chi connectivity index (χ3n) is 4.52. The molecule has 0 bridgehead atoms. The first kappa shape index (κ1) is 15.0. The highest BCUT2D eigenvalue weighted by Gasteiger charge is 2.36. The molecule has 0 spiro atoms. The van der Waals surface area contributed by atoms with E-state index >= 15 is 0 Å². The fraction of sp³-hybridized carbons (Fsp3) is 0.500. The van der Waals surface area contributed by atoms with Gasteiger partial charge in [0.2, 0.25) is 5.91 Å². The molecule has 1 aliphatic rings. The second-order valence-corrected chi connectivity index (χ2v) is 6.09. The van der Waals surface area contributed by atoms with E-state index in [4.69, 9.17) is 5.73 Å².